The predicted octanol–water partition coefficient (Wildman–Crippen LogP) is 1.74. The van der Waals surface area contributed by atoms with E-state index in [9.17, 15) is 9.90 Å². The van der Waals surface area contributed by atoms with Gasteiger partial charge in [0.25, 0.3) is 0 Å². The predicted molar refractivity (Wildman–Crippen MR) is 65.3 cm³/mol. The van der Waals surface area contributed by atoms with Crippen molar-refractivity contribution in [3.8, 4) is 0 Å². The van der Waals surface area contributed by atoms with Crippen LogP contribution in [0.15, 0.2) is 5.16 Å². The highest BCUT2D eigenvalue weighted by molar-refractivity contribution is 7.99. The van der Waals surface area contributed by atoms with Crippen molar-refractivity contribution in [3.63, 3.8) is 0 Å². The number of hydrogen-bond acceptors (Lipinski definition) is 5. The van der Waals surface area contributed by atoms with Gasteiger partial charge in [-0.25, -0.2) is 4.68 Å². The maximum absolute atomic E-state index is 11.3. The zero-order chi connectivity index (χ0) is 12.5. The monoisotopic (exact) mass is 268 g/mol. The second-order valence-electron chi connectivity index (χ2n) is 5.02. The van der Waals surface area contributed by atoms with Gasteiger partial charge in [-0.3, -0.25) is 4.79 Å². The van der Waals surface area contributed by atoms with Gasteiger partial charge < -0.3 is 5.11 Å². The number of aromatic nitrogens is 4. The smallest absolute Gasteiger partial charge is 0.307 e. The van der Waals surface area contributed by atoms with Crippen LogP contribution in [-0.2, 0) is 4.79 Å². The molecule has 7 heteroatoms. The molecule has 0 bridgehead atoms. The molecule has 1 aromatic rings. The molecule has 0 radical (unpaired) electrons. The zero-order valence-corrected chi connectivity index (χ0v) is 10.8. The first-order valence-electron chi connectivity index (χ1n) is 6.43. The van der Waals surface area contributed by atoms with E-state index in [1.54, 1.807) is 11.8 Å². The number of carbonyl (C=O) groups is 1. The molecule has 2 aliphatic rings. The van der Waals surface area contributed by atoms with Gasteiger partial charge in [0.15, 0.2) is 0 Å². The fourth-order valence-corrected chi connectivity index (χ4v) is 3.82. The quantitative estimate of drug-likeness (QED) is 0.896. The highest BCUT2D eigenvalue weighted by Gasteiger charge is 2.34. The number of carboxylic acid groups (broad SMARTS) is 1. The van der Waals surface area contributed by atoms with E-state index in [0.29, 0.717) is 6.04 Å². The molecule has 0 aromatic carbocycles. The van der Waals surface area contributed by atoms with Crippen molar-refractivity contribution in [1.29, 1.82) is 0 Å². The second-order valence-corrected chi connectivity index (χ2v) is 6.23. The van der Waals surface area contributed by atoms with Crippen molar-refractivity contribution in [2.45, 2.75) is 55.0 Å². The number of aliphatic carboxylic acids is 1. The van der Waals surface area contributed by atoms with E-state index in [1.165, 1.54) is 0 Å². The molecule has 2 unspecified atom stereocenters. The van der Waals surface area contributed by atoms with Gasteiger partial charge in [0.2, 0.25) is 5.16 Å². The lowest BCUT2D eigenvalue weighted by Gasteiger charge is -2.27. The Morgan fingerprint density at radius 1 is 1.28 bits per heavy atom. The van der Waals surface area contributed by atoms with Crippen molar-refractivity contribution >= 4 is 17.7 Å². The molecule has 2 saturated carbocycles. The van der Waals surface area contributed by atoms with E-state index >= 15 is 0 Å². The molecule has 0 saturated heterocycles. The highest BCUT2D eigenvalue weighted by atomic mass is 32.2. The molecule has 2 atom stereocenters. The van der Waals surface area contributed by atoms with Crippen LogP contribution in [-0.4, -0.2) is 36.5 Å². The summed E-state index contributed by atoms with van der Waals surface area (Å²) in [6.45, 7) is 0. The van der Waals surface area contributed by atoms with E-state index in [2.05, 4.69) is 15.5 Å². The fourth-order valence-electron chi connectivity index (χ4n) is 2.47. The molecule has 1 N–H and O–H groups in total. The SMILES string of the molecule is O=C(O)C1CCCCC1Sc1nnnn1C1CC1. The first kappa shape index (κ1) is 12.0. The average molecular weight is 268 g/mol. The lowest BCUT2D eigenvalue weighted by Crippen LogP contribution is -2.29. The molecule has 0 aliphatic heterocycles. The Bertz CT molecular complexity index is 446. The third-order valence-electron chi connectivity index (χ3n) is 3.63. The highest BCUT2D eigenvalue weighted by Crippen LogP contribution is 2.41. The number of tetrazole rings is 1. The van der Waals surface area contributed by atoms with Gasteiger partial charge in [0.05, 0.1) is 12.0 Å². The van der Waals surface area contributed by atoms with Gasteiger partial charge in [-0.05, 0) is 36.1 Å². The Kier molecular flexibility index (Phi) is 3.23. The van der Waals surface area contributed by atoms with Crippen molar-refractivity contribution in [2.24, 2.45) is 5.92 Å². The minimum Gasteiger partial charge on any atom is -0.481 e. The van der Waals surface area contributed by atoms with E-state index in [4.69, 9.17) is 0 Å². The first-order valence-corrected chi connectivity index (χ1v) is 7.31. The van der Waals surface area contributed by atoms with Gasteiger partial charge in [-0.15, -0.1) is 5.10 Å². The largest absolute Gasteiger partial charge is 0.481 e. The molecule has 3 rings (SSSR count). The van der Waals surface area contributed by atoms with Gasteiger partial charge in [-0.2, -0.15) is 0 Å². The van der Waals surface area contributed by atoms with Crippen molar-refractivity contribution < 1.29 is 9.90 Å². The Labute approximate surface area is 109 Å². The molecule has 18 heavy (non-hydrogen) atoms. The van der Waals surface area contributed by atoms with Crippen molar-refractivity contribution in [3.05, 3.63) is 0 Å². The molecule has 6 nitrogen and oxygen atoms in total. The van der Waals surface area contributed by atoms with E-state index in [0.717, 1.165) is 43.7 Å². The Morgan fingerprint density at radius 3 is 2.78 bits per heavy atom. The molecule has 0 amide bonds. The zero-order valence-electron chi connectivity index (χ0n) is 10.0. The summed E-state index contributed by atoms with van der Waals surface area (Å²) < 4.78 is 1.86. The maximum Gasteiger partial charge on any atom is 0.307 e. The summed E-state index contributed by atoms with van der Waals surface area (Å²) >= 11 is 1.55. The van der Waals surface area contributed by atoms with Crippen LogP contribution in [0.5, 0.6) is 0 Å². The van der Waals surface area contributed by atoms with Crippen LogP contribution in [0.2, 0.25) is 0 Å². The van der Waals surface area contributed by atoms with Gasteiger partial charge in [0, 0.05) is 5.25 Å². The summed E-state index contributed by atoms with van der Waals surface area (Å²) in [5.41, 5.74) is 0. The number of nitrogens with zero attached hydrogens (tertiary/aromatic N) is 4. The number of carboxylic acids is 1. The van der Waals surface area contributed by atoms with Crippen LogP contribution >= 0.6 is 11.8 Å². The maximum atomic E-state index is 11.3. The summed E-state index contributed by atoms with van der Waals surface area (Å²) in [5.74, 6) is -0.939. The minimum atomic E-state index is -0.683. The summed E-state index contributed by atoms with van der Waals surface area (Å²) in [6, 6.07) is 0.439. The van der Waals surface area contributed by atoms with E-state index in [1.807, 2.05) is 4.68 Å². The second kappa shape index (κ2) is 4.87. The van der Waals surface area contributed by atoms with Crippen LogP contribution in [0.1, 0.15) is 44.6 Å². The lowest BCUT2D eigenvalue weighted by molar-refractivity contribution is -0.142. The third-order valence-corrected chi connectivity index (χ3v) is 4.98. The van der Waals surface area contributed by atoms with E-state index in [-0.39, 0.29) is 11.2 Å². The molecular formula is C11H16N4O2S. The fraction of sp³-hybridized carbons (Fsp3) is 0.818. The van der Waals surface area contributed by atoms with Crippen LogP contribution in [0.3, 0.4) is 0 Å². The summed E-state index contributed by atoms with van der Waals surface area (Å²) in [5, 5.41) is 21.9. The third kappa shape index (κ3) is 2.36. The molecule has 2 fully saturated rings. The number of hydrogen-bond donors (Lipinski definition) is 1. The van der Waals surface area contributed by atoms with Gasteiger partial charge in [-0.1, -0.05) is 24.6 Å². The van der Waals surface area contributed by atoms with Crippen LogP contribution in [0.25, 0.3) is 0 Å². The lowest BCUT2D eigenvalue weighted by atomic mass is 9.89. The molecule has 1 heterocycles. The van der Waals surface area contributed by atoms with Crippen molar-refractivity contribution in [2.75, 3.05) is 0 Å². The Balaban J connectivity index is 1.73. The molecule has 0 spiro atoms. The summed E-state index contributed by atoms with van der Waals surface area (Å²) in [6.07, 6.45) is 6.10. The van der Waals surface area contributed by atoms with E-state index < -0.39 is 5.97 Å². The molecule has 2 aliphatic carbocycles. The summed E-state index contributed by atoms with van der Waals surface area (Å²) in [7, 11) is 0. The normalized spacial score (nSPS) is 28.2. The summed E-state index contributed by atoms with van der Waals surface area (Å²) in [4.78, 5) is 11.3. The van der Waals surface area contributed by atoms with Gasteiger partial charge in [0.1, 0.15) is 0 Å². The average Bonchev–Trinajstić information content (AvgIpc) is 3.11. The minimum absolute atomic E-state index is 0.111. The number of thioether (sulfide) groups is 1. The van der Waals surface area contributed by atoms with Gasteiger partial charge >= 0.3 is 5.97 Å². The van der Waals surface area contributed by atoms with Crippen molar-refractivity contribution in [1.82, 2.24) is 20.2 Å². The molecular weight excluding hydrogens is 252 g/mol. The number of rotatable bonds is 4. The van der Waals surface area contributed by atoms with Crippen LogP contribution in [0.4, 0.5) is 0 Å². The topological polar surface area (TPSA) is 80.9 Å². The molecule has 1 aromatic heterocycles. The molecule has 98 valence electrons. The first-order chi connectivity index (χ1) is 8.75. The Morgan fingerprint density at radius 2 is 2.06 bits per heavy atom. The Hall–Kier alpha value is -1.11. The van der Waals surface area contributed by atoms with Crippen LogP contribution in [0, 0.1) is 5.92 Å². The standard InChI is InChI=1S/C11H16N4O2S/c16-10(17)8-3-1-2-4-9(8)18-11-12-13-14-15(11)7-5-6-7/h7-9H,1-6H2,(H,16,17). The van der Waals surface area contributed by atoms with Crippen LogP contribution < -0.4 is 0 Å².